The molecule has 1 atom stereocenters. The highest BCUT2D eigenvalue weighted by molar-refractivity contribution is 7.89. The molecule has 1 N–H and O–H groups in total. The molecule has 124 valence electrons. The van der Waals surface area contributed by atoms with E-state index in [0.29, 0.717) is 25.4 Å². The fraction of sp³-hybridized carbons (Fsp3) is 0.438. The van der Waals surface area contributed by atoms with Gasteiger partial charge in [0, 0.05) is 25.2 Å². The van der Waals surface area contributed by atoms with Gasteiger partial charge in [-0.25, -0.2) is 13.1 Å². The molecule has 23 heavy (non-hydrogen) atoms. The molecule has 7 heteroatoms. The van der Waals surface area contributed by atoms with Crippen molar-refractivity contribution in [2.24, 2.45) is 5.92 Å². The fourth-order valence-electron chi connectivity index (χ4n) is 2.75. The molecule has 1 aromatic heterocycles. The molecule has 1 aliphatic rings. The summed E-state index contributed by atoms with van der Waals surface area (Å²) in [6.07, 6.45) is 2.39. The van der Waals surface area contributed by atoms with Gasteiger partial charge in [0.15, 0.2) is 0 Å². The molecule has 2 aromatic rings. The molecular weight excluding hydrogens is 314 g/mol. The van der Waals surface area contributed by atoms with E-state index >= 15 is 0 Å². The summed E-state index contributed by atoms with van der Waals surface area (Å²) in [5, 5.41) is 4.19. The normalized spacial score (nSPS) is 17.6. The molecule has 0 saturated heterocycles. The lowest BCUT2D eigenvalue weighted by molar-refractivity contribution is 0.223. The van der Waals surface area contributed by atoms with Crippen LogP contribution in [0.2, 0.25) is 0 Å². The quantitative estimate of drug-likeness (QED) is 0.903. The van der Waals surface area contributed by atoms with E-state index in [0.717, 1.165) is 17.7 Å². The summed E-state index contributed by atoms with van der Waals surface area (Å²) in [5.41, 5.74) is 1.64. The van der Waals surface area contributed by atoms with Crippen molar-refractivity contribution in [3.8, 4) is 5.75 Å². The molecule has 0 spiro atoms. The number of ether oxygens (including phenoxy) is 1. The lowest BCUT2D eigenvalue weighted by Gasteiger charge is -2.25. The predicted molar refractivity (Wildman–Crippen MR) is 87.0 cm³/mol. The molecule has 0 aliphatic carbocycles. The van der Waals surface area contributed by atoms with Crippen molar-refractivity contribution < 1.29 is 13.2 Å². The first-order valence-electron chi connectivity index (χ1n) is 7.74. The monoisotopic (exact) mass is 335 g/mol. The average molecular weight is 335 g/mol. The minimum Gasteiger partial charge on any atom is -0.493 e. The van der Waals surface area contributed by atoms with Crippen molar-refractivity contribution in [3.05, 3.63) is 41.7 Å². The third-order valence-electron chi connectivity index (χ3n) is 4.03. The van der Waals surface area contributed by atoms with E-state index < -0.39 is 10.0 Å². The zero-order chi connectivity index (χ0) is 16.4. The molecule has 3 rings (SSSR count). The Bertz CT molecular complexity index is 799. The van der Waals surface area contributed by atoms with Gasteiger partial charge < -0.3 is 4.74 Å². The van der Waals surface area contributed by atoms with Gasteiger partial charge in [-0.2, -0.15) is 5.10 Å². The fourth-order valence-corrected chi connectivity index (χ4v) is 4.05. The predicted octanol–water partition coefficient (Wildman–Crippen LogP) is 1.74. The van der Waals surface area contributed by atoms with Gasteiger partial charge in [0.1, 0.15) is 10.6 Å². The Morgan fingerprint density at radius 2 is 2.17 bits per heavy atom. The number of fused-ring (bicyclic) bond motifs is 1. The van der Waals surface area contributed by atoms with Crippen LogP contribution < -0.4 is 9.46 Å². The lowest BCUT2D eigenvalue weighted by Crippen LogP contribution is -2.34. The third kappa shape index (κ3) is 3.40. The van der Waals surface area contributed by atoms with Crippen LogP contribution in [-0.2, 0) is 23.0 Å². The molecule has 0 saturated carbocycles. The Balaban J connectivity index is 1.67. The van der Waals surface area contributed by atoms with E-state index in [1.165, 1.54) is 0 Å². The van der Waals surface area contributed by atoms with Gasteiger partial charge >= 0.3 is 0 Å². The summed E-state index contributed by atoms with van der Waals surface area (Å²) in [7, 11) is -3.55. The number of hydrogen-bond donors (Lipinski definition) is 1. The Morgan fingerprint density at radius 1 is 1.39 bits per heavy atom. The summed E-state index contributed by atoms with van der Waals surface area (Å²) < 4.78 is 35.0. The summed E-state index contributed by atoms with van der Waals surface area (Å²) in [6, 6.07) is 7.87. The van der Waals surface area contributed by atoms with Crippen LogP contribution >= 0.6 is 0 Å². The van der Waals surface area contributed by atoms with Crippen molar-refractivity contribution in [2.45, 2.75) is 31.7 Å². The second-order valence-corrected chi connectivity index (χ2v) is 7.51. The van der Waals surface area contributed by atoms with Gasteiger partial charge in [-0.05, 0) is 31.9 Å². The molecule has 2 heterocycles. The maximum absolute atomic E-state index is 12.5. The molecule has 6 nitrogen and oxygen atoms in total. The third-order valence-corrected chi connectivity index (χ3v) is 5.56. The summed E-state index contributed by atoms with van der Waals surface area (Å²) in [6.45, 7) is 5.15. The first-order valence-corrected chi connectivity index (χ1v) is 9.22. The van der Waals surface area contributed by atoms with Gasteiger partial charge in [-0.15, -0.1) is 0 Å². The van der Waals surface area contributed by atoms with Crippen LogP contribution in [0.5, 0.6) is 5.75 Å². The van der Waals surface area contributed by atoms with E-state index in [1.807, 2.05) is 31.2 Å². The molecule has 0 bridgehead atoms. The molecule has 1 aromatic carbocycles. The highest BCUT2D eigenvalue weighted by Gasteiger charge is 2.24. The smallest absolute Gasteiger partial charge is 0.243 e. The summed E-state index contributed by atoms with van der Waals surface area (Å²) in [4.78, 5) is 0.247. The van der Waals surface area contributed by atoms with E-state index in [1.54, 1.807) is 17.8 Å². The van der Waals surface area contributed by atoms with Crippen molar-refractivity contribution in [1.29, 1.82) is 0 Å². The first-order chi connectivity index (χ1) is 11.0. The Labute approximate surface area is 136 Å². The zero-order valence-corrected chi connectivity index (χ0v) is 14.1. The minimum absolute atomic E-state index is 0.126. The molecule has 1 aliphatic heterocycles. The number of rotatable bonds is 5. The number of aryl methyl sites for hydroxylation is 2. The molecule has 0 amide bonds. The second kappa shape index (κ2) is 6.33. The van der Waals surface area contributed by atoms with E-state index in [2.05, 4.69) is 9.82 Å². The average Bonchev–Trinajstić information content (AvgIpc) is 2.95. The zero-order valence-electron chi connectivity index (χ0n) is 13.3. The van der Waals surface area contributed by atoms with E-state index in [9.17, 15) is 8.42 Å². The van der Waals surface area contributed by atoms with Gasteiger partial charge in [-0.3, -0.25) is 4.68 Å². The van der Waals surface area contributed by atoms with Crippen molar-refractivity contribution in [2.75, 3.05) is 13.2 Å². The Hall–Kier alpha value is -1.86. The second-order valence-electron chi connectivity index (χ2n) is 5.78. The lowest BCUT2D eigenvalue weighted by atomic mass is 9.97. The van der Waals surface area contributed by atoms with Crippen LogP contribution in [0.1, 0.15) is 18.2 Å². The van der Waals surface area contributed by atoms with Gasteiger partial charge in [0.05, 0.1) is 12.3 Å². The standard InChI is InChI=1S/C16H21N3O3S/c1-3-19-10-16(12(2)18-19)23(20,21)17-9-13-8-14-6-4-5-7-15(14)22-11-13/h4-7,10,13,17H,3,8-9,11H2,1-2H3. The van der Waals surface area contributed by atoms with Gasteiger partial charge in [-0.1, -0.05) is 18.2 Å². The SMILES string of the molecule is CCn1cc(S(=O)(=O)NCC2COc3ccccc3C2)c(C)n1. The number of nitrogens with one attached hydrogen (secondary N) is 1. The van der Waals surface area contributed by atoms with Crippen molar-refractivity contribution in [3.63, 3.8) is 0 Å². The van der Waals surface area contributed by atoms with Crippen LogP contribution in [0.25, 0.3) is 0 Å². The summed E-state index contributed by atoms with van der Waals surface area (Å²) >= 11 is 0. The van der Waals surface area contributed by atoms with Crippen LogP contribution in [-0.4, -0.2) is 31.3 Å². The number of para-hydroxylation sites is 1. The molecule has 0 radical (unpaired) electrons. The van der Waals surface area contributed by atoms with E-state index in [4.69, 9.17) is 4.74 Å². The maximum atomic E-state index is 12.5. The van der Waals surface area contributed by atoms with Crippen LogP contribution in [0.4, 0.5) is 0 Å². The molecule has 0 fully saturated rings. The number of benzene rings is 1. The maximum Gasteiger partial charge on any atom is 0.243 e. The topological polar surface area (TPSA) is 73.2 Å². The highest BCUT2D eigenvalue weighted by Crippen LogP contribution is 2.26. The number of aromatic nitrogens is 2. The van der Waals surface area contributed by atoms with Crippen molar-refractivity contribution >= 4 is 10.0 Å². The van der Waals surface area contributed by atoms with E-state index in [-0.39, 0.29) is 10.8 Å². The minimum atomic E-state index is -3.55. The van der Waals surface area contributed by atoms with Gasteiger partial charge in [0.2, 0.25) is 10.0 Å². The van der Waals surface area contributed by atoms with Crippen LogP contribution in [0.3, 0.4) is 0 Å². The number of nitrogens with zero attached hydrogens (tertiary/aromatic N) is 2. The highest BCUT2D eigenvalue weighted by atomic mass is 32.2. The van der Waals surface area contributed by atoms with Crippen molar-refractivity contribution in [1.82, 2.24) is 14.5 Å². The molecule has 1 unspecified atom stereocenters. The van der Waals surface area contributed by atoms with Crippen LogP contribution in [0, 0.1) is 12.8 Å². The number of hydrogen-bond acceptors (Lipinski definition) is 4. The Kier molecular flexibility index (Phi) is 4.41. The largest absolute Gasteiger partial charge is 0.493 e. The van der Waals surface area contributed by atoms with Gasteiger partial charge in [0.25, 0.3) is 0 Å². The Morgan fingerprint density at radius 3 is 2.91 bits per heavy atom. The number of sulfonamides is 1. The molecular formula is C16H21N3O3S. The first kappa shape index (κ1) is 16.0. The summed E-state index contributed by atoms with van der Waals surface area (Å²) in [5.74, 6) is 1.02. The van der Waals surface area contributed by atoms with Crippen LogP contribution in [0.15, 0.2) is 35.4 Å².